The molecule has 3 rings (SSSR count). The van der Waals surface area contributed by atoms with Gasteiger partial charge in [-0.2, -0.15) is 17.0 Å². The lowest BCUT2D eigenvalue weighted by molar-refractivity contribution is -0.116. The summed E-state index contributed by atoms with van der Waals surface area (Å²) >= 11 is 6.00. The summed E-state index contributed by atoms with van der Waals surface area (Å²) in [6, 6.07) is 12.8. The van der Waals surface area contributed by atoms with E-state index in [1.54, 1.807) is 18.2 Å². The maximum atomic E-state index is 12.9. The lowest BCUT2D eigenvalue weighted by Crippen LogP contribution is -2.51. The van der Waals surface area contributed by atoms with E-state index in [4.69, 9.17) is 11.6 Å². The van der Waals surface area contributed by atoms with E-state index in [-0.39, 0.29) is 19.0 Å². The second kappa shape index (κ2) is 8.61. The van der Waals surface area contributed by atoms with Crippen molar-refractivity contribution >= 4 is 33.4 Å². The fourth-order valence-electron chi connectivity index (χ4n) is 3.16. The summed E-state index contributed by atoms with van der Waals surface area (Å²) in [5.41, 5.74) is 3.68. The number of carbonyl (C=O) groups is 1. The average molecular weight is 422 g/mol. The van der Waals surface area contributed by atoms with Gasteiger partial charge in [0.05, 0.1) is 6.54 Å². The Morgan fingerprint density at radius 3 is 2.54 bits per heavy atom. The number of nitrogens with zero attached hydrogens (tertiary/aromatic N) is 2. The van der Waals surface area contributed by atoms with Crippen LogP contribution in [-0.4, -0.2) is 42.6 Å². The largest absolute Gasteiger partial charge is 0.325 e. The van der Waals surface area contributed by atoms with E-state index in [9.17, 15) is 13.2 Å². The normalized spacial score (nSPS) is 17.4. The van der Waals surface area contributed by atoms with Gasteiger partial charge in [0.25, 0.3) is 10.2 Å². The van der Waals surface area contributed by atoms with Gasteiger partial charge in [0.1, 0.15) is 0 Å². The van der Waals surface area contributed by atoms with Crippen molar-refractivity contribution in [2.75, 3.05) is 25.0 Å². The minimum Gasteiger partial charge on any atom is -0.325 e. The maximum absolute atomic E-state index is 12.9. The quantitative estimate of drug-likeness (QED) is 0.804. The van der Waals surface area contributed by atoms with E-state index in [0.717, 1.165) is 16.7 Å². The van der Waals surface area contributed by atoms with Crippen LogP contribution >= 0.6 is 11.6 Å². The van der Waals surface area contributed by atoms with E-state index in [2.05, 4.69) is 5.32 Å². The molecule has 1 fully saturated rings. The predicted molar refractivity (Wildman–Crippen MR) is 112 cm³/mol. The minimum atomic E-state index is -3.71. The zero-order chi connectivity index (χ0) is 20.3. The van der Waals surface area contributed by atoms with Crippen molar-refractivity contribution in [1.29, 1.82) is 0 Å². The van der Waals surface area contributed by atoms with Gasteiger partial charge in [-0.15, -0.1) is 0 Å². The Bertz CT molecular complexity index is 978. The molecular formula is C20H24ClN3O3S. The molecule has 1 aliphatic heterocycles. The third kappa shape index (κ3) is 4.91. The molecule has 2 aromatic rings. The Hall–Kier alpha value is -1.93. The zero-order valence-electron chi connectivity index (χ0n) is 16.0. The van der Waals surface area contributed by atoms with Gasteiger partial charge in [0.15, 0.2) is 0 Å². The molecule has 8 heteroatoms. The fourth-order valence-corrected chi connectivity index (χ4v) is 5.01. The summed E-state index contributed by atoms with van der Waals surface area (Å²) in [5, 5.41) is 3.35. The Kier molecular flexibility index (Phi) is 6.40. The van der Waals surface area contributed by atoms with Gasteiger partial charge < -0.3 is 5.32 Å². The second-order valence-electron chi connectivity index (χ2n) is 7.01. The van der Waals surface area contributed by atoms with E-state index in [1.807, 2.05) is 38.1 Å². The molecule has 0 aliphatic carbocycles. The Morgan fingerprint density at radius 2 is 1.82 bits per heavy atom. The van der Waals surface area contributed by atoms with Crippen molar-refractivity contribution in [2.45, 2.75) is 26.8 Å². The molecule has 0 bridgehead atoms. The number of nitrogens with one attached hydrogen (secondary N) is 1. The standard InChI is InChI=1S/C20H24ClN3O3S/c1-15-7-8-19(11-16(15)2)22-20(25)14-24-10-4-9-23(28(24,26)27)13-17-5-3-6-18(21)12-17/h3,5-8,11-12H,4,9-10,13-14H2,1-2H3,(H,22,25). The first kappa shape index (κ1) is 20.8. The summed E-state index contributed by atoms with van der Waals surface area (Å²) < 4.78 is 28.5. The first-order valence-electron chi connectivity index (χ1n) is 9.12. The molecular weight excluding hydrogens is 398 g/mol. The molecule has 2 aromatic carbocycles. The highest BCUT2D eigenvalue weighted by atomic mass is 35.5. The molecule has 6 nitrogen and oxygen atoms in total. The van der Waals surface area contributed by atoms with Crippen LogP contribution in [0.25, 0.3) is 0 Å². The number of aryl methyl sites for hydroxylation is 2. The van der Waals surface area contributed by atoms with Crippen LogP contribution in [0.15, 0.2) is 42.5 Å². The van der Waals surface area contributed by atoms with Crippen molar-refractivity contribution in [2.24, 2.45) is 0 Å². The maximum Gasteiger partial charge on any atom is 0.282 e. The van der Waals surface area contributed by atoms with Crippen LogP contribution in [0.1, 0.15) is 23.1 Å². The first-order valence-corrected chi connectivity index (χ1v) is 10.9. The molecule has 0 unspecified atom stereocenters. The number of benzene rings is 2. The van der Waals surface area contributed by atoms with Crippen LogP contribution in [0.2, 0.25) is 5.02 Å². The number of hydrogen-bond donors (Lipinski definition) is 1. The van der Waals surface area contributed by atoms with Gasteiger partial charge in [0.2, 0.25) is 5.91 Å². The summed E-state index contributed by atoms with van der Waals surface area (Å²) in [6.45, 7) is 4.74. The summed E-state index contributed by atoms with van der Waals surface area (Å²) in [7, 11) is -3.71. The van der Waals surface area contributed by atoms with Gasteiger partial charge in [-0.1, -0.05) is 29.8 Å². The van der Waals surface area contributed by atoms with Crippen LogP contribution in [-0.2, 0) is 21.5 Å². The van der Waals surface area contributed by atoms with Crippen molar-refractivity contribution in [1.82, 2.24) is 8.61 Å². The smallest absolute Gasteiger partial charge is 0.282 e. The highest BCUT2D eigenvalue weighted by Crippen LogP contribution is 2.21. The van der Waals surface area contributed by atoms with Crippen LogP contribution in [0.4, 0.5) is 5.69 Å². The number of hydrogen-bond acceptors (Lipinski definition) is 3. The van der Waals surface area contributed by atoms with Crippen molar-refractivity contribution in [3.05, 3.63) is 64.2 Å². The molecule has 1 heterocycles. The fraction of sp³-hybridized carbons (Fsp3) is 0.350. The SMILES string of the molecule is Cc1ccc(NC(=O)CN2CCCN(Cc3cccc(Cl)c3)S2(=O)=O)cc1C. The summed E-state index contributed by atoms with van der Waals surface area (Å²) in [4.78, 5) is 12.4. The number of carbonyl (C=O) groups excluding carboxylic acids is 1. The highest BCUT2D eigenvalue weighted by Gasteiger charge is 2.34. The van der Waals surface area contributed by atoms with Gasteiger partial charge in [-0.3, -0.25) is 4.79 Å². The number of halogens is 1. The van der Waals surface area contributed by atoms with Crippen LogP contribution in [0.5, 0.6) is 0 Å². The lowest BCUT2D eigenvalue weighted by Gasteiger charge is -2.34. The molecule has 0 aromatic heterocycles. The van der Waals surface area contributed by atoms with E-state index in [1.165, 1.54) is 8.61 Å². The van der Waals surface area contributed by atoms with Gasteiger partial charge in [0, 0.05) is 30.3 Å². The topological polar surface area (TPSA) is 69.7 Å². The van der Waals surface area contributed by atoms with Gasteiger partial charge in [-0.25, -0.2) is 0 Å². The predicted octanol–water partition coefficient (Wildman–Crippen LogP) is 3.35. The molecule has 0 atom stereocenters. The highest BCUT2D eigenvalue weighted by molar-refractivity contribution is 7.86. The van der Waals surface area contributed by atoms with Crippen molar-refractivity contribution < 1.29 is 13.2 Å². The van der Waals surface area contributed by atoms with Crippen molar-refractivity contribution in [3.63, 3.8) is 0 Å². The number of anilines is 1. The van der Waals surface area contributed by atoms with E-state index >= 15 is 0 Å². The Morgan fingerprint density at radius 1 is 1.07 bits per heavy atom. The molecule has 0 radical (unpaired) electrons. The lowest BCUT2D eigenvalue weighted by atomic mass is 10.1. The monoisotopic (exact) mass is 421 g/mol. The third-order valence-corrected chi connectivity index (χ3v) is 6.99. The Balaban J connectivity index is 1.67. The molecule has 1 amide bonds. The van der Waals surface area contributed by atoms with Gasteiger partial charge in [-0.05, 0) is 61.2 Å². The number of amides is 1. The van der Waals surface area contributed by atoms with E-state index < -0.39 is 10.2 Å². The summed E-state index contributed by atoms with van der Waals surface area (Å²) in [6.07, 6.45) is 0.663. The average Bonchev–Trinajstić information content (AvgIpc) is 2.62. The van der Waals surface area contributed by atoms with Crippen LogP contribution in [0, 0.1) is 13.8 Å². The second-order valence-corrected chi connectivity index (χ2v) is 9.37. The van der Waals surface area contributed by atoms with Crippen LogP contribution in [0.3, 0.4) is 0 Å². The minimum absolute atomic E-state index is 0.207. The zero-order valence-corrected chi connectivity index (χ0v) is 17.6. The first-order chi connectivity index (χ1) is 13.3. The molecule has 1 N–H and O–H groups in total. The molecule has 0 spiro atoms. The molecule has 1 saturated heterocycles. The van der Waals surface area contributed by atoms with Crippen LogP contribution < -0.4 is 5.32 Å². The molecule has 150 valence electrons. The molecule has 1 aliphatic rings. The Labute approximate surface area is 171 Å². The molecule has 28 heavy (non-hydrogen) atoms. The van der Waals surface area contributed by atoms with Gasteiger partial charge >= 0.3 is 0 Å². The van der Waals surface area contributed by atoms with E-state index in [0.29, 0.717) is 30.2 Å². The third-order valence-electron chi connectivity index (χ3n) is 4.83. The summed E-state index contributed by atoms with van der Waals surface area (Å²) in [5.74, 6) is -0.351. The van der Waals surface area contributed by atoms with Crippen molar-refractivity contribution in [3.8, 4) is 0 Å². The molecule has 0 saturated carbocycles. The number of rotatable bonds is 5.